The van der Waals surface area contributed by atoms with Crippen LogP contribution in [-0.2, 0) is 13.0 Å². The van der Waals surface area contributed by atoms with Gasteiger partial charge in [0.2, 0.25) is 0 Å². The third-order valence-electron chi connectivity index (χ3n) is 6.12. The molecule has 0 spiro atoms. The zero-order valence-corrected chi connectivity index (χ0v) is 19.6. The number of nitrogens with zero attached hydrogens (tertiary/aromatic N) is 2. The average Bonchev–Trinajstić information content (AvgIpc) is 3.08. The van der Waals surface area contributed by atoms with Gasteiger partial charge in [0.25, 0.3) is 0 Å². The van der Waals surface area contributed by atoms with Gasteiger partial charge in [-0.25, -0.2) is 4.68 Å². The lowest BCUT2D eigenvalue weighted by molar-refractivity contribution is 0.306. The van der Waals surface area contributed by atoms with Gasteiger partial charge in [-0.1, -0.05) is 30.3 Å². The standard InChI is InChI=1S/C28H29N3O3/c1-32-23-15-16-26(33-2)25(18-23)27-24-10-6-7-17-29-28(24)31(30-27)21-11-13-22(14-12-21)34-19-20-8-4-3-5-9-20/h3-5,8-9,11-16,18,29H,6-7,10,17,19H2,1-2H3. The van der Waals surface area contributed by atoms with Gasteiger partial charge in [0.15, 0.2) is 0 Å². The van der Waals surface area contributed by atoms with Crippen LogP contribution in [-0.4, -0.2) is 30.5 Å². The van der Waals surface area contributed by atoms with E-state index in [0.717, 1.165) is 71.4 Å². The molecule has 5 rings (SSSR count). The van der Waals surface area contributed by atoms with Gasteiger partial charge in [0.1, 0.15) is 35.4 Å². The smallest absolute Gasteiger partial charge is 0.133 e. The number of ether oxygens (including phenoxy) is 3. The van der Waals surface area contributed by atoms with Gasteiger partial charge >= 0.3 is 0 Å². The van der Waals surface area contributed by atoms with E-state index in [1.165, 1.54) is 5.56 Å². The van der Waals surface area contributed by atoms with Crippen molar-refractivity contribution in [3.05, 3.63) is 83.9 Å². The molecule has 0 aliphatic carbocycles. The Morgan fingerprint density at radius 3 is 2.44 bits per heavy atom. The summed E-state index contributed by atoms with van der Waals surface area (Å²) in [5, 5.41) is 8.67. The molecule has 0 saturated carbocycles. The summed E-state index contributed by atoms with van der Waals surface area (Å²) < 4.78 is 19.1. The Morgan fingerprint density at radius 2 is 1.68 bits per heavy atom. The van der Waals surface area contributed by atoms with Crippen molar-refractivity contribution in [2.24, 2.45) is 0 Å². The number of nitrogens with one attached hydrogen (secondary N) is 1. The molecule has 34 heavy (non-hydrogen) atoms. The molecule has 4 aromatic rings. The van der Waals surface area contributed by atoms with Crippen molar-refractivity contribution in [1.29, 1.82) is 0 Å². The molecule has 6 heteroatoms. The van der Waals surface area contributed by atoms with Crippen LogP contribution in [0.4, 0.5) is 5.82 Å². The van der Waals surface area contributed by atoms with Crippen LogP contribution in [0.25, 0.3) is 16.9 Å². The minimum Gasteiger partial charge on any atom is -0.497 e. The summed E-state index contributed by atoms with van der Waals surface area (Å²) in [5.74, 6) is 3.42. The first-order valence-corrected chi connectivity index (χ1v) is 11.6. The molecule has 0 amide bonds. The molecule has 1 aliphatic rings. The highest BCUT2D eigenvalue weighted by Crippen LogP contribution is 2.39. The van der Waals surface area contributed by atoms with E-state index in [0.29, 0.717) is 6.61 Å². The molecule has 3 aromatic carbocycles. The third-order valence-corrected chi connectivity index (χ3v) is 6.12. The van der Waals surface area contributed by atoms with E-state index in [1.54, 1.807) is 14.2 Å². The number of aromatic nitrogens is 2. The summed E-state index contributed by atoms with van der Waals surface area (Å²) in [6, 6.07) is 24.1. The molecule has 1 aromatic heterocycles. The summed E-state index contributed by atoms with van der Waals surface area (Å²) in [4.78, 5) is 0. The Hall–Kier alpha value is -3.93. The van der Waals surface area contributed by atoms with Crippen molar-refractivity contribution in [3.63, 3.8) is 0 Å². The molecule has 0 fully saturated rings. The highest BCUT2D eigenvalue weighted by molar-refractivity contribution is 5.76. The van der Waals surface area contributed by atoms with Crippen molar-refractivity contribution in [1.82, 2.24) is 9.78 Å². The monoisotopic (exact) mass is 455 g/mol. The second-order valence-corrected chi connectivity index (χ2v) is 8.31. The minimum atomic E-state index is 0.540. The maximum absolute atomic E-state index is 5.97. The largest absolute Gasteiger partial charge is 0.497 e. The molecular weight excluding hydrogens is 426 g/mol. The van der Waals surface area contributed by atoms with Crippen LogP contribution in [0.5, 0.6) is 17.2 Å². The highest BCUT2D eigenvalue weighted by Gasteiger charge is 2.24. The molecule has 6 nitrogen and oxygen atoms in total. The Labute approximate surface area is 200 Å². The second kappa shape index (κ2) is 9.91. The first-order chi connectivity index (χ1) is 16.8. The lowest BCUT2D eigenvalue weighted by Gasteiger charge is -2.11. The SMILES string of the molecule is COc1ccc(OC)c(-c2nn(-c3ccc(OCc4ccccc4)cc3)c3c2CCCCN3)c1. The predicted molar refractivity (Wildman–Crippen MR) is 134 cm³/mol. The zero-order valence-electron chi connectivity index (χ0n) is 19.6. The highest BCUT2D eigenvalue weighted by atomic mass is 16.5. The van der Waals surface area contributed by atoms with Crippen LogP contribution in [0.1, 0.15) is 24.0 Å². The molecule has 0 radical (unpaired) electrons. The molecule has 2 heterocycles. The molecule has 1 aliphatic heterocycles. The third kappa shape index (κ3) is 4.44. The maximum Gasteiger partial charge on any atom is 0.133 e. The van der Waals surface area contributed by atoms with Crippen LogP contribution in [0.2, 0.25) is 0 Å². The van der Waals surface area contributed by atoms with E-state index in [2.05, 4.69) is 17.4 Å². The van der Waals surface area contributed by atoms with Crippen LogP contribution < -0.4 is 19.5 Å². The fourth-order valence-corrected chi connectivity index (χ4v) is 4.33. The Bertz CT molecular complexity index is 1250. The van der Waals surface area contributed by atoms with Crippen LogP contribution in [0, 0.1) is 0 Å². The van der Waals surface area contributed by atoms with Crippen molar-refractivity contribution >= 4 is 5.82 Å². The first kappa shape index (κ1) is 21.9. The number of hydrogen-bond acceptors (Lipinski definition) is 5. The molecule has 0 bridgehead atoms. The number of benzene rings is 3. The van der Waals surface area contributed by atoms with E-state index < -0.39 is 0 Å². The Kier molecular flexibility index (Phi) is 6.38. The zero-order chi connectivity index (χ0) is 23.3. The molecule has 1 N–H and O–H groups in total. The van der Waals surface area contributed by atoms with Crippen LogP contribution in [0.15, 0.2) is 72.8 Å². The van der Waals surface area contributed by atoms with E-state index >= 15 is 0 Å². The Balaban J connectivity index is 1.50. The molecule has 0 atom stereocenters. The predicted octanol–water partition coefficient (Wildman–Crippen LogP) is 5.88. The fourth-order valence-electron chi connectivity index (χ4n) is 4.33. The summed E-state index contributed by atoms with van der Waals surface area (Å²) in [5.41, 5.74) is 5.18. The van der Waals surface area contributed by atoms with E-state index in [9.17, 15) is 0 Å². The number of methoxy groups -OCH3 is 2. The van der Waals surface area contributed by atoms with Crippen molar-refractivity contribution in [2.75, 3.05) is 26.1 Å². The van der Waals surface area contributed by atoms with Crippen molar-refractivity contribution in [3.8, 4) is 34.2 Å². The summed E-state index contributed by atoms with van der Waals surface area (Å²) >= 11 is 0. The van der Waals surface area contributed by atoms with Crippen molar-refractivity contribution in [2.45, 2.75) is 25.9 Å². The molecule has 174 valence electrons. The summed E-state index contributed by atoms with van der Waals surface area (Å²) in [6.07, 6.45) is 3.18. The van der Waals surface area contributed by atoms with Crippen molar-refractivity contribution < 1.29 is 14.2 Å². The quantitative estimate of drug-likeness (QED) is 0.377. The van der Waals surface area contributed by atoms with Crippen LogP contribution in [0.3, 0.4) is 0 Å². The van der Waals surface area contributed by atoms with Gasteiger partial charge in [-0.3, -0.25) is 0 Å². The second-order valence-electron chi connectivity index (χ2n) is 8.31. The number of hydrogen-bond donors (Lipinski definition) is 1. The Morgan fingerprint density at radius 1 is 0.882 bits per heavy atom. The number of anilines is 1. The van der Waals surface area contributed by atoms with E-state index in [4.69, 9.17) is 19.3 Å². The van der Waals surface area contributed by atoms with Gasteiger partial charge in [0, 0.05) is 17.7 Å². The van der Waals surface area contributed by atoms with Gasteiger partial charge in [0.05, 0.1) is 19.9 Å². The van der Waals surface area contributed by atoms with Gasteiger partial charge < -0.3 is 19.5 Å². The summed E-state index contributed by atoms with van der Waals surface area (Å²) in [7, 11) is 3.36. The molecule has 0 unspecified atom stereocenters. The maximum atomic E-state index is 5.97. The summed E-state index contributed by atoms with van der Waals surface area (Å²) in [6.45, 7) is 1.46. The molecule has 0 saturated heterocycles. The normalized spacial score (nSPS) is 12.9. The van der Waals surface area contributed by atoms with Crippen LogP contribution >= 0.6 is 0 Å². The van der Waals surface area contributed by atoms with Gasteiger partial charge in [-0.05, 0) is 67.3 Å². The average molecular weight is 456 g/mol. The fraction of sp³-hybridized carbons (Fsp3) is 0.250. The number of rotatable bonds is 7. The topological polar surface area (TPSA) is 57.5 Å². The molecular formula is C28H29N3O3. The lowest BCUT2D eigenvalue weighted by atomic mass is 10.0. The minimum absolute atomic E-state index is 0.540. The van der Waals surface area contributed by atoms with E-state index in [-0.39, 0.29) is 0 Å². The number of fused-ring (bicyclic) bond motifs is 1. The van der Waals surface area contributed by atoms with Gasteiger partial charge in [-0.2, -0.15) is 5.10 Å². The first-order valence-electron chi connectivity index (χ1n) is 11.6. The van der Waals surface area contributed by atoms with E-state index in [1.807, 2.05) is 65.3 Å². The van der Waals surface area contributed by atoms with Gasteiger partial charge in [-0.15, -0.1) is 0 Å². The lowest BCUT2D eigenvalue weighted by Crippen LogP contribution is -2.07.